The minimum atomic E-state index is 0.0982. The molecule has 1 aromatic carbocycles. The van der Waals surface area contributed by atoms with Gasteiger partial charge in [-0.05, 0) is 34.7 Å². The fraction of sp³-hybridized carbons (Fsp3) is 0.154. The highest BCUT2D eigenvalue weighted by atomic mass is 32.1. The Bertz CT molecular complexity index is 563. The first-order valence-electron chi connectivity index (χ1n) is 5.43. The van der Waals surface area contributed by atoms with Crippen LogP contribution in [0.4, 0.5) is 5.69 Å². The first-order chi connectivity index (χ1) is 8.24. The number of hydrogen-bond donors (Lipinski definition) is 1. The molecule has 1 amide bonds. The summed E-state index contributed by atoms with van der Waals surface area (Å²) in [6, 6.07) is 7.71. The zero-order valence-electron chi connectivity index (χ0n) is 9.22. The summed E-state index contributed by atoms with van der Waals surface area (Å²) in [6.07, 6.45) is 0. The summed E-state index contributed by atoms with van der Waals surface area (Å²) in [5, 5.41) is 3.81. The van der Waals surface area contributed by atoms with Crippen molar-refractivity contribution in [3.05, 3.63) is 51.7 Å². The van der Waals surface area contributed by atoms with Crippen molar-refractivity contribution in [2.75, 3.05) is 5.73 Å². The Morgan fingerprint density at radius 3 is 2.82 bits per heavy atom. The highest BCUT2D eigenvalue weighted by molar-refractivity contribution is 7.08. The molecule has 0 spiro atoms. The van der Waals surface area contributed by atoms with Crippen LogP contribution in [0.15, 0.2) is 35.0 Å². The molecule has 0 unspecified atom stereocenters. The predicted octanol–water partition coefficient (Wildman–Crippen LogP) is 2.49. The highest BCUT2D eigenvalue weighted by Crippen LogP contribution is 2.26. The van der Waals surface area contributed by atoms with Crippen LogP contribution in [0, 0.1) is 0 Å². The van der Waals surface area contributed by atoms with Gasteiger partial charge in [-0.1, -0.05) is 6.07 Å². The third-order valence-electron chi connectivity index (χ3n) is 3.01. The molecular formula is C13H12N2OS. The summed E-state index contributed by atoms with van der Waals surface area (Å²) in [5.74, 6) is 0.0982. The third-order valence-corrected chi connectivity index (χ3v) is 3.69. The third kappa shape index (κ3) is 1.80. The van der Waals surface area contributed by atoms with Crippen molar-refractivity contribution in [2.45, 2.75) is 13.1 Å². The molecule has 0 atom stereocenters. The summed E-state index contributed by atoms with van der Waals surface area (Å²) in [4.78, 5) is 14.0. The number of rotatable bonds is 1. The molecule has 3 nitrogen and oxygen atoms in total. The van der Waals surface area contributed by atoms with Crippen LogP contribution in [-0.4, -0.2) is 10.8 Å². The van der Waals surface area contributed by atoms with Crippen molar-refractivity contribution in [2.24, 2.45) is 0 Å². The van der Waals surface area contributed by atoms with E-state index in [1.165, 1.54) is 5.56 Å². The van der Waals surface area contributed by atoms with Crippen molar-refractivity contribution in [1.29, 1.82) is 0 Å². The van der Waals surface area contributed by atoms with E-state index in [9.17, 15) is 4.79 Å². The standard InChI is InChI=1S/C13H12N2OS/c14-12-2-1-9-6-15(7-11(9)5-12)13(16)10-3-4-17-8-10/h1-5,8H,6-7,14H2. The Hall–Kier alpha value is -1.81. The summed E-state index contributed by atoms with van der Waals surface area (Å²) >= 11 is 1.55. The van der Waals surface area contributed by atoms with Crippen LogP contribution in [0.2, 0.25) is 0 Å². The van der Waals surface area contributed by atoms with Gasteiger partial charge in [0.1, 0.15) is 0 Å². The van der Waals surface area contributed by atoms with E-state index >= 15 is 0 Å². The molecule has 0 saturated heterocycles. The quantitative estimate of drug-likeness (QED) is 0.783. The van der Waals surface area contributed by atoms with Crippen LogP contribution < -0.4 is 5.73 Å². The largest absolute Gasteiger partial charge is 0.399 e. The average molecular weight is 244 g/mol. The van der Waals surface area contributed by atoms with E-state index in [-0.39, 0.29) is 5.91 Å². The van der Waals surface area contributed by atoms with Gasteiger partial charge >= 0.3 is 0 Å². The maximum Gasteiger partial charge on any atom is 0.255 e. The number of amides is 1. The molecule has 1 aromatic heterocycles. The molecule has 2 aromatic rings. The van der Waals surface area contributed by atoms with Gasteiger partial charge in [0.05, 0.1) is 5.56 Å². The molecule has 1 aliphatic heterocycles. The van der Waals surface area contributed by atoms with Gasteiger partial charge in [0.2, 0.25) is 0 Å². The minimum Gasteiger partial charge on any atom is -0.399 e. The second-order valence-corrected chi connectivity index (χ2v) is 4.98. The summed E-state index contributed by atoms with van der Waals surface area (Å²) in [6.45, 7) is 1.35. The number of anilines is 1. The molecule has 0 bridgehead atoms. The van der Waals surface area contributed by atoms with Gasteiger partial charge in [-0.3, -0.25) is 4.79 Å². The Morgan fingerprint density at radius 2 is 2.06 bits per heavy atom. The fourth-order valence-corrected chi connectivity index (χ4v) is 2.76. The molecular weight excluding hydrogens is 232 g/mol. The van der Waals surface area contributed by atoms with Gasteiger partial charge in [-0.25, -0.2) is 0 Å². The number of nitrogen functional groups attached to an aromatic ring is 1. The normalized spacial score (nSPS) is 13.8. The van der Waals surface area contributed by atoms with Crippen LogP contribution in [0.5, 0.6) is 0 Å². The van der Waals surface area contributed by atoms with Gasteiger partial charge in [-0.2, -0.15) is 11.3 Å². The van der Waals surface area contributed by atoms with Crippen LogP contribution in [0.25, 0.3) is 0 Å². The number of benzene rings is 1. The predicted molar refractivity (Wildman–Crippen MR) is 68.8 cm³/mol. The van der Waals surface area contributed by atoms with E-state index < -0.39 is 0 Å². The molecule has 17 heavy (non-hydrogen) atoms. The number of hydrogen-bond acceptors (Lipinski definition) is 3. The highest BCUT2D eigenvalue weighted by Gasteiger charge is 2.24. The van der Waals surface area contributed by atoms with Gasteiger partial charge in [0.15, 0.2) is 0 Å². The second-order valence-electron chi connectivity index (χ2n) is 4.20. The van der Waals surface area contributed by atoms with Crippen molar-refractivity contribution >= 4 is 22.9 Å². The van der Waals surface area contributed by atoms with Crippen molar-refractivity contribution < 1.29 is 4.79 Å². The Kier molecular flexibility index (Phi) is 2.37. The lowest BCUT2D eigenvalue weighted by Crippen LogP contribution is -2.24. The zero-order valence-corrected chi connectivity index (χ0v) is 10.0. The first-order valence-corrected chi connectivity index (χ1v) is 6.37. The van der Waals surface area contributed by atoms with E-state index in [2.05, 4.69) is 0 Å². The Morgan fingerprint density at radius 1 is 1.24 bits per heavy atom. The van der Waals surface area contributed by atoms with Crippen molar-refractivity contribution in [3.8, 4) is 0 Å². The number of thiophene rings is 1. The first kappa shape index (κ1) is 10.4. The SMILES string of the molecule is Nc1ccc2c(c1)CN(C(=O)c1ccsc1)C2. The van der Waals surface area contributed by atoms with Gasteiger partial charge in [0, 0.05) is 24.2 Å². The Labute approximate surface area is 103 Å². The monoisotopic (exact) mass is 244 g/mol. The average Bonchev–Trinajstić information content (AvgIpc) is 2.96. The van der Waals surface area contributed by atoms with Crippen LogP contribution in [0.1, 0.15) is 21.5 Å². The maximum absolute atomic E-state index is 12.2. The van der Waals surface area contributed by atoms with Gasteiger partial charge < -0.3 is 10.6 Å². The van der Waals surface area contributed by atoms with Crippen molar-refractivity contribution in [3.63, 3.8) is 0 Å². The topological polar surface area (TPSA) is 46.3 Å². The molecule has 0 aliphatic carbocycles. The smallest absolute Gasteiger partial charge is 0.255 e. The lowest BCUT2D eigenvalue weighted by Gasteiger charge is -2.14. The van der Waals surface area contributed by atoms with Crippen LogP contribution in [0.3, 0.4) is 0 Å². The zero-order chi connectivity index (χ0) is 11.8. The molecule has 0 saturated carbocycles. The van der Waals surface area contributed by atoms with E-state index in [0.29, 0.717) is 13.1 Å². The lowest BCUT2D eigenvalue weighted by atomic mass is 10.1. The fourth-order valence-electron chi connectivity index (χ4n) is 2.13. The summed E-state index contributed by atoms with van der Waals surface area (Å²) < 4.78 is 0. The van der Waals surface area contributed by atoms with Crippen molar-refractivity contribution in [1.82, 2.24) is 4.90 Å². The lowest BCUT2D eigenvalue weighted by molar-refractivity contribution is 0.0752. The Balaban J connectivity index is 1.85. The maximum atomic E-state index is 12.2. The van der Waals surface area contributed by atoms with Gasteiger partial charge in [-0.15, -0.1) is 0 Å². The molecule has 3 rings (SSSR count). The van der Waals surface area contributed by atoms with Crippen LogP contribution >= 0.6 is 11.3 Å². The van der Waals surface area contributed by atoms with E-state index in [1.54, 1.807) is 11.3 Å². The number of carbonyl (C=O) groups is 1. The minimum absolute atomic E-state index is 0.0982. The number of fused-ring (bicyclic) bond motifs is 1. The molecule has 0 fully saturated rings. The molecule has 86 valence electrons. The summed E-state index contributed by atoms with van der Waals surface area (Å²) in [7, 11) is 0. The molecule has 1 aliphatic rings. The number of carbonyl (C=O) groups excluding carboxylic acids is 1. The molecule has 2 N–H and O–H groups in total. The number of nitrogens with two attached hydrogens (primary N) is 1. The van der Waals surface area contributed by atoms with E-state index in [0.717, 1.165) is 16.8 Å². The summed E-state index contributed by atoms with van der Waals surface area (Å²) in [5.41, 5.74) is 9.63. The molecule has 4 heteroatoms. The van der Waals surface area contributed by atoms with Gasteiger partial charge in [0.25, 0.3) is 5.91 Å². The van der Waals surface area contributed by atoms with Crippen LogP contribution in [-0.2, 0) is 13.1 Å². The molecule has 0 radical (unpaired) electrons. The van der Waals surface area contributed by atoms with E-state index in [4.69, 9.17) is 5.73 Å². The second kappa shape index (κ2) is 3.89. The number of nitrogens with zero attached hydrogens (tertiary/aromatic N) is 1. The van der Waals surface area contributed by atoms with E-state index in [1.807, 2.05) is 39.9 Å². The molecule has 2 heterocycles.